The van der Waals surface area contributed by atoms with E-state index in [-0.39, 0.29) is 4.91 Å². The van der Waals surface area contributed by atoms with Crippen LogP contribution in [0.5, 0.6) is 11.5 Å². The molecule has 2 aromatic rings. The Labute approximate surface area is 165 Å². The summed E-state index contributed by atoms with van der Waals surface area (Å²) in [5.74, 6) is -0.759. The van der Waals surface area contributed by atoms with Crippen molar-refractivity contribution in [1.29, 1.82) is 0 Å². The van der Waals surface area contributed by atoms with Gasteiger partial charge in [-0.1, -0.05) is 24.3 Å². The maximum atomic E-state index is 12.8. The molecule has 0 bridgehead atoms. The van der Waals surface area contributed by atoms with E-state index in [2.05, 4.69) is 0 Å². The van der Waals surface area contributed by atoms with Gasteiger partial charge in [-0.15, -0.1) is 0 Å². The number of amides is 2. The molecule has 1 saturated heterocycles. The number of rotatable bonds is 6. The van der Waals surface area contributed by atoms with Crippen molar-refractivity contribution in [3.8, 4) is 11.5 Å². The predicted molar refractivity (Wildman–Crippen MR) is 106 cm³/mol. The lowest BCUT2D eigenvalue weighted by molar-refractivity contribution is -0.144. The molecule has 3 rings (SSSR count). The van der Waals surface area contributed by atoms with E-state index in [1.807, 2.05) is 0 Å². The number of carboxylic acids is 1. The molecule has 0 aliphatic carbocycles. The summed E-state index contributed by atoms with van der Waals surface area (Å²) in [6.45, 7) is 1.42. The maximum absolute atomic E-state index is 12.8. The van der Waals surface area contributed by atoms with Crippen LogP contribution in [0.1, 0.15) is 12.5 Å². The fourth-order valence-corrected chi connectivity index (χ4v) is 3.41. The van der Waals surface area contributed by atoms with Crippen molar-refractivity contribution in [3.05, 3.63) is 59.0 Å². The van der Waals surface area contributed by atoms with Gasteiger partial charge in [0.25, 0.3) is 11.1 Å². The van der Waals surface area contributed by atoms with Crippen LogP contribution < -0.4 is 14.4 Å². The van der Waals surface area contributed by atoms with Gasteiger partial charge in [-0.25, -0.2) is 9.69 Å². The summed E-state index contributed by atoms with van der Waals surface area (Å²) in [6, 6.07) is 13.4. The lowest BCUT2D eigenvalue weighted by Gasteiger charge is -2.15. The number of carbonyl (C=O) groups excluding carboxylic acids is 2. The second kappa shape index (κ2) is 8.18. The Balaban J connectivity index is 1.87. The van der Waals surface area contributed by atoms with Crippen molar-refractivity contribution >= 4 is 40.6 Å². The van der Waals surface area contributed by atoms with Gasteiger partial charge in [0, 0.05) is 0 Å². The Bertz CT molecular complexity index is 971. The lowest BCUT2D eigenvalue weighted by atomic mass is 10.2. The largest absolute Gasteiger partial charge is 0.495 e. The Morgan fingerprint density at radius 2 is 1.93 bits per heavy atom. The highest BCUT2D eigenvalue weighted by atomic mass is 32.2. The third-order valence-electron chi connectivity index (χ3n) is 3.94. The Morgan fingerprint density at radius 3 is 2.64 bits per heavy atom. The first-order valence-electron chi connectivity index (χ1n) is 8.31. The van der Waals surface area contributed by atoms with Gasteiger partial charge in [0.15, 0.2) is 6.10 Å². The summed E-state index contributed by atoms with van der Waals surface area (Å²) in [4.78, 5) is 37.5. The second-order valence-corrected chi connectivity index (χ2v) is 6.85. The lowest BCUT2D eigenvalue weighted by Crippen LogP contribution is -2.28. The summed E-state index contributed by atoms with van der Waals surface area (Å²) >= 11 is 0.823. The number of para-hydroxylation sites is 2. The van der Waals surface area contributed by atoms with Crippen molar-refractivity contribution in [2.45, 2.75) is 13.0 Å². The van der Waals surface area contributed by atoms with E-state index >= 15 is 0 Å². The van der Waals surface area contributed by atoms with E-state index in [1.165, 1.54) is 14.0 Å². The van der Waals surface area contributed by atoms with Gasteiger partial charge in [-0.3, -0.25) is 9.59 Å². The smallest absolute Gasteiger partial charge is 0.344 e. The minimum atomic E-state index is -1.08. The summed E-state index contributed by atoms with van der Waals surface area (Å²) < 4.78 is 10.6. The number of carbonyl (C=O) groups is 3. The summed E-state index contributed by atoms with van der Waals surface area (Å²) in [7, 11) is 1.47. The van der Waals surface area contributed by atoms with E-state index in [1.54, 1.807) is 54.6 Å². The highest BCUT2D eigenvalue weighted by Crippen LogP contribution is 2.39. The van der Waals surface area contributed by atoms with Crippen LogP contribution in [-0.4, -0.2) is 35.4 Å². The predicted octanol–water partition coefficient (Wildman–Crippen LogP) is 3.79. The number of hydrogen-bond donors (Lipinski definition) is 1. The number of methoxy groups -OCH3 is 1. The number of hydrogen-bond acceptors (Lipinski definition) is 6. The van der Waals surface area contributed by atoms with Crippen LogP contribution in [0.3, 0.4) is 0 Å². The highest BCUT2D eigenvalue weighted by molar-refractivity contribution is 8.19. The van der Waals surface area contributed by atoms with Gasteiger partial charge in [-0.2, -0.15) is 0 Å². The average molecular weight is 399 g/mol. The molecule has 1 aliphatic rings. The minimum Gasteiger partial charge on any atom is -0.495 e. The zero-order chi connectivity index (χ0) is 20.3. The molecular weight excluding hydrogens is 382 g/mol. The van der Waals surface area contributed by atoms with E-state index in [0.717, 1.165) is 16.7 Å². The van der Waals surface area contributed by atoms with Crippen LogP contribution in [0.2, 0.25) is 0 Å². The molecule has 0 saturated carbocycles. The molecule has 28 heavy (non-hydrogen) atoms. The fourth-order valence-electron chi connectivity index (χ4n) is 2.57. The molecule has 1 unspecified atom stereocenters. The number of aliphatic carboxylic acids is 1. The van der Waals surface area contributed by atoms with E-state index in [0.29, 0.717) is 22.7 Å². The number of ether oxygens (including phenoxy) is 2. The summed E-state index contributed by atoms with van der Waals surface area (Å²) in [5.41, 5.74) is 0.990. The molecule has 2 amide bonds. The zero-order valence-corrected chi connectivity index (χ0v) is 15.9. The fraction of sp³-hybridized carbons (Fsp3) is 0.150. The molecule has 1 N–H and O–H groups in total. The molecule has 8 heteroatoms. The third-order valence-corrected chi connectivity index (χ3v) is 4.81. The van der Waals surface area contributed by atoms with Crippen LogP contribution >= 0.6 is 11.8 Å². The standard InChI is InChI=1S/C20H17NO6S/c1-12(19(23)24)27-14-7-5-6-13(10-14)11-17-18(22)21(20(25)28-17)15-8-3-4-9-16(15)26-2/h3-12H,1-2H3,(H,23,24)/b17-11+. The first-order valence-corrected chi connectivity index (χ1v) is 9.13. The van der Waals surface area contributed by atoms with Gasteiger partial charge >= 0.3 is 5.97 Å². The first-order chi connectivity index (χ1) is 13.4. The second-order valence-electron chi connectivity index (χ2n) is 5.86. The minimum absolute atomic E-state index is 0.249. The van der Waals surface area contributed by atoms with Crippen LogP contribution in [0.25, 0.3) is 6.08 Å². The van der Waals surface area contributed by atoms with Gasteiger partial charge in [0.2, 0.25) is 0 Å². The van der Waals surface area contributed by atoms with Crippen molar-refractivity contribution < 1.29 is 29.0 Å². The number of imide groups is 1. The Morgan fingerprint density at radius 1 is 1.18 bits per heavy atom. The van der Waals surface area contributed by atoms with Crippen molar-refractivity contribution in [3.63, 3.8) is 0 Å². The number of anilines is 1. The highest BCUT2D eigenvalue weighted by Gasteiger charge is 2.37. The molecule has 0 spiro atoms. The molecule has 1 atom stereocenters. The Hall–Kier alpha value is -3.26. The van der Waals surface area contributed by atoms with Crippen molar-refractivity contribution in [1.82, 2.24) is 0 Å². The summed E-state index contributed by atoms with van der Waals surface area (Å²) in [6.07, 6.45) is 0.562. The number of nitrogens with zero attached hydrogens (tertiary/aromatic N) is 1. The summed E-state index contributed by atoms with van der Waals surface area (Å²) in [5, 5.41) is 8.52. The molecule has 1 fully saturated rings. The van der Waals surface area contributed by atoms with Crippen LogP contribution in [0.15, 0.2) is 53.4 Å². The molecule has 0 radical (unpaired) electrons. The molecule has 144 valence electrons. The monoisotopic (exact) mass is 399 g/mol. The maximum Gasteiger partial charge on any atom is 0.344 e. The third kappa shape index (κ3) is 4.01. The molecule has 7 nitrogen and oxygen atoms in total. The zero-order valence-electron chi connectivity index (χ0n) is 15.1. The van der Waals surface area contributed by atoms with Gasteiger partial charge in [0.05, 0.1) is 17.7 Å². The number of benzene rings is 2. The van der Waals surface area contributed by atoms with Gasteiger partial charge < -0.3 is 14.6 Å². The topological polar surface area (TPSA) is 93.1 Å². The van der Waals surface area contributed by atoms with Crippen LogP contribution in [0, 0.1) is 0 Å². The molecule has 1 aliphatic heterocycles. The van der Waals surface area contributed by atoms with E-state index in [9.17, 15) is 14.4 Å². The normalized spacial score (nSPS) is 16.4. The SMILES string of the molecule is COc1ccccc1N1C(=O)S/C(=C/c2cccc(OC(C)C(=O)O)c2)C1=O. The van der Waals surface area contributed by atoms with E-state index < -0.39 is 23.2 Å². The Kier molecular flexibility index (Phi) is 5.70. The molecule has 1 heterocycles. The van der Waals surface area contributed by atoms with Crippen molar-refractivity contribution in [2.75, 3.05) is 12.0 Å². The first kappa shape index (κ1) is 19.5. The van der Waals surface area contributed by atoms with Gasteiger partial charge in [-0.05, 0) is 54.6 Å². The number of thioether (sulfide) groups is 1. The van der Waals surface area contributed by atoms with Crippen molar-refractivity contribution in [2.24, 2.45) is 0 Å². The van der Waals surface area contributed by atoms with Crippen LogP contribution in [0.4, 0.5) is 10.5 Å². The molecular formula is C20H17NO6S. The molecule has 2 aromatic carbocycles. The van der Waals surface area contributed by atoms with E-state index in [4.69, 9.17) is 14.6 Å². The number of carboxylic acid groups (broad SMARTS) is 1. The average Bonchev–Trinajstić information content (AvgIpc) is 2.95. The van der Waals surface area contributed by atoms with Gasteiger partial charge in [0.1, 0.15) is 11.5 Å². The quantitative estimate of drug-likeness (QED) is 0.739. The van der Waals surface area contributed by atoms with Crippen LogP contribution in [-0.2, 0) is 9.59 Å². The molecule has 0 aromatic heterocycles.